The van der Waals surface area contributed by atoms with Gasteiger partial charge in [-0.25, -0.2) is 0 Å². The Morgan fingerprint density at radius 2 is 1.95 bits per heavy atom. The first-order valence-corrected chi connectivity index (χ1v) is 6.86. The number of aryl methyl sites for hydroxylation is 1. The maximum Gasteiger partial charge on any atom is 0.321 e. The number of rotatable bonds is 8. The number of para-hydroxylation sites is 1. The quantitative estimate of drug-likeness (QED) is 0.664. The van der Waals surface area contributed by atoms with E-state index in [0.29, 0.717) is 18.8 Å². The predicted octanol–water partition coefficient (Wildman–Crippen LogP) is 0.928. The van der Waals surface area contributed by atoms with Crippen molar-refractivity contribution in [2.45, 2.75) is 19.4 Å². The average Bonchev–Trinajstić information content (AvgIpc) is 2.39. The minimum Gasteiger partial charge on any atom is -0.480 e. The summed E-state index contributed by atoms with van der Waals surface area (Å²) in [6, 6.07) is 6.51. The van der Waals surface area contributed by atoms with Gasteiger partial charge in [-0.05, 0) is 32.6 Å². The number of aliphatic carboxylic acids is 1. The van der Waals surface area contributed by atoms with E-state index in [1.165, 1.54) is 0 Å². The molecule has 1 amide bonds. The molecule has 0 spiro atoms. The molecule has 0 aliphatic carbocycles. The summed E-state index contributed by atoms with van der Waals surface area (Å²) in [6.45, 7) is 3.12. The second kappa shape index (κ2) is 8.39. The smallest absolute Gasteiger partial charge is 0.321 e. The van der Waals surface area contributed by atoms with Crippen molar-refractivity contribution >= 4 is 17.6 Å². The van der Waals surface area contributed by atoms with E-state index in [-0.39, 0.29) is 12.3 Å². The highest BCUT2D eigenvalue weighted by atomic mass is 16.4. The summed E-state index contributed by atoms with van der Waals surface area (Å²) >= 11 is 0. The number of anilines is 1. The molecule has 0 saturated carbocycles. The van der Waals surface area contributed by atoms with Gasteiger partial charge in [0.15, 0.2) is 0 Å². The molecule has 116 valence electrons. The molecule has 0 fully saturated rings. The third-order valence-corrected chi connectivity index (χ3v) is 3.06. The number of carboxylic acids is 1. The zero-order valence-corrected chi connectivity index (χ0v) is 12.7. The van der Waals surface area contributed by atoms with Crippen LogP contribution in [0.15, 0.2) is 24.3 Å². The standard InChI is InChI=1S/C15H23N3O3/c1-11-6-4-5-7-12(11)17-14(19)10-13(15(20)21)16-8-9-18(2)3/h4-7,13,16H,8-10H2,1-3H3,(H,17,19)(H,20,21)/t13-/m0/s1. The number of nitrogens with zero attached hydrogens (tertiary/aromatic N) is 1. The molecule has 3 N–H and O–H groups in total. The van der Waals surface area contributed by atoms with Crippen molar-refractivity contribution in [3.05, 3.63) is 29.8 Å². The highest BCUT2D eigenvalue weighted by Crippen LogP contribution is 2.13. The maximum absolute atomic E-state index is 12.0. The van der Waals surface area contributed by atoms with Crippen LogP contribution in [0.1, 0.15) is 12.0 Å². The van der Waals surface area contributed by atoms with Gasteiger partial charge in [0.1, 0.15) is 6.04 Å². The minimum absolute atomic E-state index is 0.100. The second-order valence-electron chi connectivity index (χ2n) is 5.22. The summed E-state index contributed by atoms with van der Waals surface area (Å²) in [5.74, 6) is -1.33. The summed E-state index contributed by atoms with van der Waals surface area (Å²) in [5, 5.41) is 14.8. The van der Waals surface area contributed by atoms with Crippen LogP contribution in [0, 0.1) is 6.92 Å². The number of likely N-dealkylation sites (N-methyl/N-ethyl adjacent to an activating group) is 1. The molecule has 0 radical (unpaired) electrons. The number of amides is 1. The molecule has 0 aliphatic heterocycles. The highest BCUT2D eigenvalue weighted by Gasteiger charge is 2.20. The second-order valence-corrected chi connectivity index (χ2v) is 5.22. The van der Waals surface area contributed by atoms with Gasteiger partial charge in [-0.3, -0.25) is 9.59 Å². The maximum atomic E-state index is 12.0. The van der Waals surface area contributed by atoms with Crippen molar-refractivity contribution in [2.24, 2.45) is 0 Å². The summed E-state index contributed by atoms with van der Waals surface area (Å²) < 4.78 is 0. The van der Waals surface area contributed by atoms with Crippen molar-refractivity contribution in [3.63, 3.8) is 0 Å². The molecule has 0 aromatic heterocycles. The molecule has 0 heterocycles. The van der Waals surface area contributed by atoms with Crippen LogP contribution in [-0.2, 0) is 9.59 Å². The average molecular weight is 293 g/mol. The Balaban J connectivity index is 2.53. The van der Waals surface area contributed by atoms with E-state index >= 15 is 0 Å². The Morgan fingerprint density at radius 3 is 2.52 bits per heavy atom. The van der Waals surface area contributed by atoms with Crippen molar-refractivity contribution in [1.29, 1.82) is 0 Å². The summed E-state index contributed by atoms with van der Waals surface area (Å²) in [4.78, 5) is 25.1. The monoisotopic (exact) mass is 293 g/mol. The molecule has 1 rings (SSSR count). The first-order valence-electron chi connectivity index (χ1n) is 6.86. The molecular weight excluding hydrogens is 270 g/mol. The SMILES string of the molecule is Cc1ccccc1NC(=O)C[C@H](NCCN(C)C)C(=O)O. The van der Waals surface area contributed by atoms with Crippen LogP contribution in [0.4, 0.5) is 5.69 Å². The van der Waals surface area contributed by atoms with Crippen molar-refractivity contribution in [3.8, 4) is 0 Å². The molecule has 1 aromatic rings. The number of benzene rings is 1. The molecular formula is C15H23N3O3. The lowest BCUT2D eigenvalue weighted by atomic mass is 10.1. The lowest BCUT2D eigenvalue weighted by Crippen LogP contribution is -2.42. The summed E-state index contributed by atoms with van der Waals surface area (Å²) in [6.07, 6.45) is -0.100. The van der Waals surface area contributed by atoms with E-state index in [1.807, 2.05) is 44.1 Å². The molecule has 0 aliphatic rings. The van der Waals surface area contributed by atoms with Gasteiger partial charge in [0.05, 0.1) is 6.42 Å². The Hall–Kier alpha value is -1.92. The van der Waals surface area contributed by atoms with E-state index in [2.05, 4.69) is 10.6 Å². The molecule has 0 saturated heterocycles. The van der Waals surface area contributed by atoms with Gasteiger partial charge in [-0.15, -0.1) is 0 Å². The van der Waals surface area contributed by atoms with E-state index in [9.17, 15) is 9.59 Å². The molecule has 0 unspecified atom stereocenters. The Morgan fingerprint density at radius 1 is 1.29 bits per heavy atom. The fourth-order valence-corrected chi connectivity index (χ4v) is 1.81. The van der Waals surface area contributed by atoms with E-state index in [4.69, 9.17) is 5.11 Å². The zero-order chi connectivity index (χ0) is 15.8. The minimum atomic E-state index is -1.02. The molecule has 0 bridgehead atoms. The first kappa shape index (κ1) is 17.1. The number of carbonyl (C=O) groups is 2. The van der Waals surface area contributed by atoms with Crippen LogP contribution in [-0.4, -0.2) is 55.1 Å². The van der Waals surface area contributed by atoms with E-state index in [0.717, 1.165) is 5.56 Å². The zero-order valence-electron chi connectivity index (χ0n) is 12.7. The fraction of sp³-hybridized carbons (Fsp3) is 0.467. The van der Waals surface area contributed by atoms with Gasteiger partial charge in [-0.2, -0.15) is 0 Å². The number of carboxylic acid groups (broad SMARTS) is 1. The molecule has 1 aromatic carbocycles. The first-order chi connectivity index (χ1) is 9.90. The van der Waals surface area contributed by atoms with Crippen LogP contribution in [0.5, 0.6) is 0 Å². The van der Waals surface area contributed by atoms with Crippen molar-refractivity contribution < 1.29 is 14.7 Å². The van der Waals surface area contributed by atoms with Crippen LogP contribution in [0.2, 0.25) is 0 Å². The molecule has 6 heteroatoms. The summed E-state index contributed by atoms with van der Waals surface area (Å²) in [7, 11) is 3.81. The number of hydrogen-bond acceptors (Lipinski definition) is 4. The van der Waals surface area contributed by atoms with Gasteiger partial charge in [0.2, 0.25) is 5.91 Å². The number of carbonyl (C=O) groups excluding carboxylic acids is 1. The predicted molar refractivity (Wildman–Crippen MR) is 82.4 cm³/mol. The molecule has 1 atom stereocenters. The van der Waals surface area contributed by atoms with Gasteiger partial charge in [0, 0.05) is 18.8 Å². The summed E-state index contributed by atoms with van der Waals surface area (Å²) in [5.41, 5.74) is 1.65. The van der Waals surface area contributed by atoms with Crippen LogP contribution >= 0.6 is 0 Å². The fourth-order valence-electron chi connectivity index (χ4n) is 1.81. The van der Waals surface area contributed by atoms with E-state index in [1.54, 1.807) is 6.07 Å². The number of nitrogens with one attached hydrogen (secondary N) is 2. The Labute approximate surface area is 125 Å². The topological polar surface area (TPSA) is 81.7 Å². The van der Waals surface area contributed by atoms with Gasteiger partial charge in [-0.1, -0.05) is 18.2 Å². The molecule has 21 heavy (non-hydrogen) atoms. The Kier molecular flexibility index (Phi) is 6.84. The lowest BCUT2D eigenvalue weighted by Gasteiger charge is -2.16. The third kappa shape index (κ3) is 6.37. The third-order valence-electron chi connectivity index (χ3n) is 3.06. The van der Waals surface area contributed by atoms with Crippen molar-refractivity contribution in [2.75, 3.05) is 32.5 Å². The Bertz CT molecular complexity index is 489. The van der Waals surface area contributed by atoms with Crippen LogP contribution < -0.4 is 10.6 Å². The lowest BCUT2D eigenvalue weighted by molar-refractivity contribution is -0.141. The van der Waals surface area contributed by atoms with Crippen LogP contribution in [0.3, 0.4) is 0 Å². The van der Waals surface area contributed by atoms with E-state index < -0.39 is 12.0 Å². The normalized spacial score (nSPS) is 12.2. The van der Waals surface area contributed by atoms with Gasteiger partial charge in [0.25, 0.3) is 0 Å². The van der Waals surface area contributed by atoms with Gasteiger partial charge >= 0.3 is 5.97 Å². The van der Waals surface area contributed by atoms with Crippen LogP contribution in [0.25, 0.3) is 0 Å². The number of hydrogen-bond donors (Lipinski definition) is 3. The highest BCUT2D eigenvalue weighted by molar-refractivity contribution is 5.94. The van der Waals surface area contributed by atoms with Gasteiger partial charge < -0.3 is 20.6 Å². The largest absolute Gasteiger partial charge is 0.480 e. The molecule has 6 nitrogen and oxygen atoms in total. The van der Waals surface area contributed by atoms with Crippen molar-refractivity contribution in [1.82, 2.24) is 10.2 Å².